The van der Waals surface area contributed by atoms with E-state index in [1.165, 1.54) is 7.11 Å². The number of nitrogens with two attached hydrogens (primary N) is 5. The van der Waals surface area contributed by atoms with Crippen LogP contribution in [0.2, 0.25) is 0 Å². The number of hydrogen-bond acceptors (Lipinski definition) is 13. The van der Waals surface area contributed by atoms with Gasteiger partial charge in [0, 0.05) is 63.1 Å². The summed E-state index contributed by atoms with van der Waals surface area (Å²) in [6, 6.07) is -0.503. The third-order valence-corrected chi connectivity index (χ3v) is 15.1. The Balaban J connectivity index is 1.24. The number of fused-ring (bicyclic) bond motifs is 2. The zero-order valence-electron chi connectivity index (χ0n) is 34.3. The van der Waals surface area contributed by atoms with Crippen molar-refractivity contribution in [2.45, 2.75) is 144 Å². The summed E-state index contributed by atoms with van der Waals surface area (Å²) in [5.41, 5.74) is 16.5. The van der Waals surface area contributed by atoms with E-state index in [-0.39, 0.29) is 74.0 Å². The molecule has 0 aromatic carbocycles. The number of guanidine groups is 1. The van der Waals surface area contributed by atoms with Crippen LogP contribution in [0, 0.1) is 47.3 Å². The average Bonchev–Trinajstić information content (AvgIpc) is 3.21. The second-order valence-electron chi connectivity index (χ2n) is 18.4. The van der Waals surface area contributed by atoms with Gasteiger partial charge in [0.1, 0.15) is 47.8 Å². The van der Waals surface area contributed by atoms with Crippen molar-refractivity contribution in [3.63, 3.8) is 0 Å². The maximum atomic E-state index is 15.0. The Morgan fingerprint density at radius 3 is 2.36 bits per heavy atom. The fourth-order valence-electron chi connectivity index (χ4n) is 11.8. The molecule has 0 radical (unpaired) electrons. The van der Waals surface area contributed by atoms with Gasteiger partial charge in [0.2, 0.25) is 0 Å². The van der Waals surface area contributed by atoms with Crippen LogP contribution in [0.5, 0.6) is 0 Å². The van der Waals surface area contributed by atoms with Crippen LogP contribution in [0.25, 0.3) is 0 Å². The molecule has 3 saturated carbocycles. The van der Waals surface area contributed by atoms with Crippen LogP contribution >= 0.6 is 0 Å². The molecule has 3 aliphatic heterocycles. The van der Waals surface area contributed by atoms with Crippen LogP contribution in [0.15, 0.2) is 0 Å². The molecule has 332 valence electrons. The molecule has 0 amide bonds. The number of carbonyl (C=O) groups is 2. The Kier molecular flexibility index (Phi) is 15.6. The zero-order chi connectivity index (χ0) is 41.9. The summed E-state index contributed by atoms with van der Waals surface area (Å²) >= 11 is 0. The van der Waals surface area contributed by atoms with Crippen LogP contribution in [0.1, 0.15) is 77.0 Å². The molecule has 6 rings (SSSR count). The molecule has 3 saturated heterocycles. The van der Waals surface area contributed by atoms with Gasteiger partial charge in [-0.3, -0.25) is 37.1 Å². The quantitative estimate of drug-likeness (QED) is 0.0572. The van der Waals surface area contributed by atoms with Crippen LogP contribution in [-0.4, -0.2) is 156 Å². The van der Waals surface area contributed by atoms with E-state index in [0.29, 0.717) is 25.2 Å². The van der Waals surface area contributed by atoms with Crippen molar-refractivity contribution in [1.29, 1.82) is 0 Å². The number of quaternary nitrogens is 2. The van der Waals surface area contributed by atoms with Gasteiger partial charge in [-0.05, 0) is 63.2 Å². The number of hydrogen-bond donors (Lipinski definition) is 13. The van der Waals surface area contributed by atoms with E-state index in [2.05, 4.69) is 20.9 Å². The summed E-state index contributed by atoms with van der Waals surface area (Å²) in [4.78, 5) is 32.6. The molecule has 0 bridgehead atoms. The number of aliphatic hydroxyl groups excluding tert-OH is 5. The molecule has 0 spiro atoms. The number of piperidine rings is 2. The standard InChI is InChI=1S/C40H71N7O11/c1-44-39(43)47-25(9-12-48)30-21(5-3-20-4-6-28(41)46-17-20)14-23-32(34(30)51)35(52)31-24(33(23)50)15-22(56-2)16-26(31)57-38-36(53)37(54)40(55,27(18-49)58-38)10-7-19-8-11-45-29(42)13-19/h19-32,34,36-38,45-46,48-49,51,53-55H,3-18,41-42H2,1-2H3,(H3,43,44,47)/p+3. The van der Waals surface area contributed by atoms with Crippen molar-refractivity contribution < 1.29 is 70.1 Å². The minimum Gasteiger partial charge on any atom is -0.396 e. The Bertz CT molecular complexity index is 1400. The van der Waals surface area contributed by atoms with Gasteiger partial charge in [0.05, 0.1) is 62.9 Å². The van der Waals surface area contributed by atoms with Crippen LogP contribution in [0.4, 0.5) is 0 Å². The molecule has 0 aromatic rings. The normalized spacial score (nSPS) is 45.6. The minimum absolute atomic E-state index is 0.0493. The van der Waals surface area contributed by atoms with E-state index in [4.69, 9.17) is 31.4 Å². The molecule has 18 N–H and O–H groups in total. The van der Waals surface area contributed by atoms with Crippen molar-refractivity contribution in [2.75, 3.05) is 40.5 Å². The highest BCUT2D eigenvalue weighted by Crippen LogP contribution is 2.52. The third kappa shape index (κ3) is 9.59. The highest BCUT2D eigenvalue weighted by molar-refractivity contribution is 6.00. The van der Waals surface area contributed by atoms with Crippen molar-refractivity contribution in [1.82, 2.24) is 5.32 Å². The van der Waals surface area contributed by atoms with E-state index in [0.717, 1.165) is 45.2 Å². The second-order valence-corrected chi connectivity index (χ2v) is 18.4. The van der Waals surface area contributed by atoms with E-state index >= 15 is 0 Å². The summed E-state index contributed by atoms with van der Waals surface area (Å²) in [7, 11) is 3.19. The summed E-state index contributed by atoms with van der Waals surface area (Å²) in [5.74, 6) is -3.85. The lowest BCUT2D eigenvalue weighted by Crippen LogP contribution is -2.95. The van der Waals surface area contributed by atoms with Crippen molar-refractivity contribution >= 4 is 17.5 Å². The molecule has 0 aromatic heterocycles. The fraction of sp³-hybridized carbons (Fsp3) is 0.925. The second kappa shape index (κ2) is 19.9. The predicted octanol–water partition coefficient (Wildman–Crippen LogP) is -6.59. The highest BCUT2D eigenvalue weighted by Gasteiger charge is 2.63. The van der Waals surface area contributed by atoms with E-state index in [1.807, 2.05) is 0 Å². The van der Waals surface area contributed by atoms with E-state index in [1.54, 1.807) is 7.05 Å². The predicted molar refractivity (Wildman–Crippen MR) is 207 cm³/mol. The van der Waals surface area contributed by atoms with E-state index in [9.17, 15) is 40.2 Å². The Labute approximate surface area is 341 Å². The summed E-state index contributed by atoms with van der Waals surface area (Å²) < 4.78 is 18.2. The number of rotatable bonds is 14. The molecule has 6 aliphatic rings. The largest absolute Gasteiger partial charge is 0.396 e. The van der Waals surface area contributed by atoms with Gasteiger partial charge in [-0.2, -0.15) is 0 Å². The lowest BCUT2D eigenvalue weighted by molar-refractivity contribution is -0.703. The zero-order valence-corrected chi connectivity index (χ0v) is 34.3. The van der Waals surface area contributed by atoms with Crippen molar-refractivity contribution in [3.05, 3.63) is 0 Å². The minimum atomic E-state index is -1.99. The monoisotopic (exact) mass is 829 g/mol. The van der Waals surface area contributed by atoms with Gasteiger partial charge in [-0.25, -0.2) is 0 Å². The molecular weight excluding hydrogens is 754 g/mol. The average molecular weight is 829 g/mol. The number of ketones is 2. The van der Waals surface area contributed by atoms with Gasteiger partial charge in [0.25, 0.3) is 0 Å². The summed E-state index contributed by atoms with van der Waals surface area (Å²) in [5, 5.41) is 75.1. The van der Waals surface area contributed by atoms with Crippen molar-refractivity contribution in [3.8, 4) is 0 Å². The molecular formula is C40H74N7O11+3. The SMILES string of the molecule is C[NH+]=C(N)NC(CCO)C1C(CCC2CCC(N)[NH2+]C2)CC2C(=O)C3CC(OC)CC(OC4OC(CO)C(O)(CCC5CC[NH2+]C(N)C5)C(O)C4O)C3C(=O)C2C1O. The number of aliphatic hydroxyl groups is 6. The number of nitrogens with one attached hydrogen (secondary N) is 2. The molecule has 3 aliphatic carbocycles. The lowest BCUT2D eigenvalue weighted by atomic mass is 9.52. The fourth-order valence-corrected chi connectivity index (χ4v) is 11.8. The van der Waals surface area contributed by atoms with Crippen LogP contribution in [-0.2, 0) is 23.8 Å². The van der Waals surface area contributed by atoms with Crippen LogP contribution in [0.3, 0.4) is 0 Å². The molecule has 19 atom stereocenters. The maximum Gasteiger partial charge on any atom is 0.341 e. The molecule has 58 heavy (non-hydrogen) atoms. The Morgan fingerprint density at radius 1 is 0.948 bits per heavy atom. The van der Waals surface area contributed by atoms with Gasteiger partial charge in [-0.15, -0.1) is 0 Å². The number of Topliss-reactive ketones (excluding diaryl/α,β-unsaturated/α-hetero) is 2. The first-order valence-corrected chi connectivity index (χ1v) is 21.9. The number of ether oxygens (including phenoxy) is 3. The molecule has 18 heteroatoms. The van der Waals surface area contributed by atoms with Crippen LogP contribution < -0.4 is 38.1 Å². The van der Waals surface area contributed by atoms with Gasteiger partial charge >= 0.3 is 5.96 Å². The van der Waals surface area contributed by atoms with Gasteiger partial charge in [-0.1, -0.05) is 0 Å². The maximum absolute atomic E-state index is 15.0. The van der Waals surface area contributed by atoms with Gasteiger partial charge < -0.3 is 55.5 Å². The smallest absolute Gasteiger partial charge is 0.341 e. The number of carbonyl (C=O) groups excluding carboxylic acids is 2. The molecule has 19 unspecified atom stereocenters. The van der Waals surface area contributed by atoms with Gasteiger partial charge in [0.15, 0.2) is 6.29 Å². The molecule has 18 nitrogen and oxygen atoms in total. The summed E-state index contributed by atoms with van der Waals surface area (Å²) in [6.07, 6.45) is -2.34. The highest BCUT2D eigenvalue weighted by atomic mass is 16.7. The first-order chi connectivity index (χ1) is 27.7. The van der Waals surface area contributed by atoms with Crippen molar-refractivity contribution in [2.24, 2.45) is 64.5 Å². The first kappa shape index (κ1) is 45.6. The molecule has 6 fully saturated rings. The molecule has 3 heterocycles. The first-order valence-electron chi connectivity index (χ1n) is 21.9. The number of methoxy groups -OCH3 is 1. The Morgan fingerprint density at radius 2 is 1.71 bits per heavy atom. The Hall–Kier alpha value is -1.91. The lowest BCUT2D eigenvalue weighted by Gasteiger charge is -2.54. The third-order valence-electron chi connectivity index (χ3n) is 15.1. The topological polar surface area (TPSA) is 320 Å². The van der Waals surface area contributed by atoms with E-state index < -0.39 is 90.8 Å². The summed E-state index contributed by atoms with van der Waals surface area (Å²) in [6.45, 7) is 0.886.